The molecule has 0 aliphatic carbocycles. The lowest BCUT2D eigenvalue weighted by Crippen LogP contribution is -2.28. The van der Waals surface area contributed by atoms with E-state index in [4.69, 9.17) is 6.42 Å². The quantitative estimate of drug-likeness (QED) is 0.361. The first-order chi connectivity index (χ1) is 9.93. The Hall–Kier alpha value is -2.79. The van der Waals surface area contributed by atoms with E-state index < -0.39 is 27.5 Å². The molecule has 2 rings (SSSR count). The molecule has 0 radical (unpaired) electrons. The van der Waals surface area contributed by atoms with Gasteiger partial charge in [-0.05, 0) is 29.2 Å². The van der Waals surface area contributed by atoms with Crippen molar-refractivity contribution in [3.8, 4) is 18.1 Å². The van der Waals surface area contributed by atoms with Gasteiger partial charge in [-0.15, -0.1) is 6.42 Å². The predicted octanol–water partition coefficient (Wildman–Crippen LogP) is 1.34. The van der Waals surface area contributed by atoms with Crippen molar-refractivity contribution in [1.29, 1.82) is 0 Å². The largest absolute Gasteiger partial charge is 0.868 e. The van der Waals surface area contributed by atoms with Gasteiger partial charge in [-0.1, -0.05) is 18.1 Å². The Morgan fingerprint density at radius 1 is 1.43 bits per heavy atom. The minimum atomic E-state index is -0.802. The molecule has 1 aliphatic rings. The molecule has 1 fully saturated rings. The summed E-state index contributed by atoms with van der Waals surface area (Å²) in [5, 5.41) is 21.5. The number of carbonyl (C=O) groups is 2. The maximum absolute atomic E-state index is 11.9. The third-order valence-corrected chi connectivity index (χ3v) is 3.51. The topological polar surface area (TPSA) is 104 Å². The Morgan fingerprint density at radius 2 is 2.14 bits per heavy atom. The summed E-state index contributed by atoms with van der Waals surface area (Å²) in [6, 6.07) is 3.43. The molecule has 0 bridgehead atoms. The number of rotatable bonds is 3. The number of thioether (sulfide) groups is 1. The number of hydrogen-bond donors (Lipinski definition) is 0. The predicted molar refractivity (Wildman–Crippen MR) is 74.1 cm³/mol. The van der Waals surface area contributed by atoms with Crippen LogP contribution in [0.2, 0.25) is 0 Å². The van der Waals surface area contributed by atoms with Gasteiger partial charge < -0.3 is 5.11 Å². The monoisotopic (exact) mass is 303 g/mol. The molecule has 0 aromatic heterocycles. The highest BCUT2D eigenvalue weighted by molar-refractivity contribution is 8.18. The molecule has 1 aromatic carbocycles. The van der Waals surface area contributed by atoms with Crippen molar-refractivity contribution in [1.82, 2.24) is 4.90 Å². The van der Waals surface area contributed by atoms with Gasteiger partial charge in [0.05, 0.1) is 16.4 Å². The zero-order valence-electron chi connectivity index (χ0n) is 10.4. The normalized spacial score (nSPS) is 16.3. The van der Waals surface area contributed by atoms with Crippen molar-refractivity contribution in [2.45, 2.75) is 0 Å². The van der Waals surface area contributed by atoms with E-state index in [1.54, 1.807) is 0 Å². The minimum Gasteiger partial charge on any atom is -0.868 e. The third-order valence-electron chi connectivity index (χ3n) is 2.60. The summed E-state index contributed by atoms with van der Waals surface area (Å²) in [5.41, 5.74) is -0.306. The second-order valence-corrected chi connectivity index (χ2v) is 4.95. The van der Waals surface area contributed by atoms with Crippen LogP contribution >= 0.6 is 11.8 Å². The first-order valence-electron chi connectivity index (χ1n) is 5.58. The fraction of sp³-hybridized carbons (Fsp3) is 0.0769. The molecule has 2 amide bonds. The molecule has 8 heteroatoms. The van der Waals surface area contributed by atoms with Crippen molar-refractivity contribution in [2.24, 2.45) is 0 Å². The number of hydrogen-bond acceptors (Lipinski definition) is 6. The molecule has 21 heavy (non-hydrogen) atoms. The first kappa shape index (κ1) is 14.6. The lowest BCUT2D eigenvalue weighted by Gasteiger charge is -2.07. The fourth-order valence-corrected chi connectivity index (χ4v) is 2.48. The van der Waals surface area contributed by atoms with Crippen LogP contribution in [0.3, 0.4) is 0 Å². The molecule has 0 spiro atoms. The van der Waals surface area contributed by atoms with E-state index in [9.17, 15) is 24.8 Å². The summed E-state index contributed by atoms with van der Waals surface area (Å²) in [4.78, 5) is 34.4. The van der Waals surface area contributed by atoms with Crippen LogP contribution in [-0.2, 0) is 4.79 Å². The Balaban J connectivity index is 2.35. The standard InChI is InChI=1S/C13H8N2O5S/c1-2-5-14-12(17)11(21-13(14)18)7-8-3-4-10(16)9(6-8)15(19)20/h1,3-4,6-7,16H,5H2/p-1/b11-7+. The summed E-state index contributed by atoms with van der Waals surface area (Å²) in [6.07, 6.45) is 6.38. The molecule has 106 valence electrons. The van der Waals surface area contributed by atoms with Crippen LogP contribution in [0, 0.1) is 22.5 Å². The smallest absolute Gasteiger partial charge is 0.294 e. The molecule has 1 aromatic rings. The van der Waals surface area contributed by atoms with Crippen LogP contribution in [0.4, 0.5) is 10.5 Å². The molecular weight excluding hydrogens is 296 g/mol. The molecule has 0 N–H and O–H groups in total. The second kappa shape index (κ2) is 5.68. The van der Waals surface area contributed by atoms with Gasteiger partial charge in [-0.25, -0.2) is 0 Å². The first-order valence-corrected chi connectivity index (χ1v) is 6.40. The highest BCUT2D eigenvalue weighted by Gasteiger charge is 2.34. The maximum Gasteiger partial charge on any atom is 0.294 e. The summed E-state index contributed by atoms with van der Waals surface area (Å²) >= 11 is 0.690. The second-order valence-electron chi connectivity index (χ2n) is 3.96. The van der Waals surface area contributed by atoms with Crippen LogP contribution in [-0.4, -0.2) is 27.5 Å². The van der Waals surface area contributed by atoms with Crippen molar-refractivity contribution in [3.05, 3.63) is 38.8 Å². The average Bonchev–Trinajstić information content (AvgIpc) is 2.69. The van der Waals surface area contributed by atoms with Gasteiger partial charge in [-0.2, -0.15) is 0 Å². The van der Waals surface area contributed by atoms with Crippen molar-refractivity contribution < 1.29 is 19.6 Å². The zero-order valence-corrected chi connectivity index (χ0v) is 11.3. The molecule has 1 heterocycles. The Morgan fingerprint density at radius 3 is 2.76 bits per heavy atom. The molecule has 7 nitrogen and oxygen atoms in total. The highest BCUT2D eigenvalue weighted by atomic mass is 32.2. The van der Waals surface area contributed by atoms with E-state index in [-0.39, 0.29) is 17.0 Å². The van der Waals surface area contributed by atoms with Gasteiger partial charge in [-0.3, -0.25) is 24.6 Å². The van der Waals surface area contributed by atoms with Crippen molar-refractivity contribution in [3.63, 3.8) is 0 Å². The van der Waals surface area contributed by atoms with Crippen molar-refractivity contribution in [2.75, 3.05) is 6.54 Å². The number of terminal acetylenes is 1. The number of nitrogens with zero attached hydrogens (tertiary/aromatic N) is 2. The van der Waals surface area contributed by atoms with E-state index in [0.717, 1.165) is 17.0 Å². The summed E-state index contributed by atoms with van der Waals surface area (Å²) < 4.78 is 0. The van der Waals surface area contributed by atoms with E-state index in [2.05, 4.69) is 5.92 Å². The van der Waals surface area contributed by atoms with Crippen LogP contribution < -0.4 is 5.11 Å². The van der Waals surface area contributed by atoms with E-state index in [1.165, 1.54) is 12.1 Å². The van der Waals surface area contributed by atoms with Crippen molar-refractivity contribution >= 4 is 34.7 Å². The Bertz CT molecular complexity index is 720. The van der Waals surface area contributed by atoms with Gasteiger partial charge in [0.2, 0.25) is 0 Å². The van der Waals surface area contributed by atoms with E-state index >= 15 is 0 Å². The highest BCUT2D eigenvalue weighted by Crippen LogP contribution is 2.33. The molecule has 1 aliphatic heterocycles. The lowest BCUT2D eigenvalue weighted by molar-refractivity contribution is -0.398. The zero-order chi connectivity index (χ0) is 15.6. The molecule has 0 saturated carbocycles. The fourth-order valence-electron chi connectivity index (χ4n) is 1.65. The summed E-state index contributed by atoms with van der Waals surface area (Å²) in [6.45, 7) is -0.137. The van der Waals surface area contributed by atoms with Crippen LogP contribution in [0.1, 0.15) is 5.56 Å². The molecule has 1 saturated heterocycles. The van der Waals surface area contributed by atoms with Gasteiger partial charge in [0.25, 0.3) is 16.8 Å². The van der Waals surface area contributed by atoms with Gasteiger partial charge >= 0.3 is 0 Å². The van der Waals surface area contributed by atoms with E-state index in [0.29, 0.717) is 11.8 Å². The summed E-state index contributed by atoms with van der Waals surface area (Å²) in [7, 11) is 0. The maximum atomic E-state index is 11.9. The molecule has 0 unspecified atom stereocenters. The van der Waals surface area contributed by atoms with E-state index in [1.807, 2.05) is 0 Å². The van der Waals surface area contributed by atoms with Crippen LogP contribution in [0.5, 0.6) is 5.75 Å². The minimum absolute atomic E-state index is 0.100. The number of nitro benzene ring substituents is 1. The number of amides is 2. The number of benzene rings is 1. The molecule has 0 atom stereocenters. The summed E-state index contributed by atoms with van der Waals surface area (Å²) in [5.74, 6) is 0.916. The Kier molecular flexibility index (Phi) is 3.95. The SMILES string of the molecule is C#CCN1C(=O)S/C(=C/c2ccc([O-])c([N+](=O)[O-])c2)C1=O. The van der Waals surface area contributed by atoms with Gasteiger partial charge in [0.1, 0.15) is 0 Å². The number of carbonyl (C=O) groups excluding carboxylic acids is 2. The van der Waals surface area contributed by atoms with Gasteiger partial charge in [0.15, 0.2) is 0 Å². The number of imide groups is 1. The van der Waals surface area contributed by atoms with Crippen LogP contribution in [0.25, 0.3) is 6.08 Å². The third kappa shape index (κ3) is 2.88. The number of nitro groups is 1. The average molecular weight is 303 g/mol. The van der Waals surface area contributed by atoms with Gasteiger partial charge in [0, 0.05) is 6.07 Å². The molecular formula is C13H7N2O5S-. The Labute approximate surface area is 123 Å². The van der Waals surface area contributed by atoms with Crippen LogP contribution in [0.15, 0.2) is 23.1 Å². The lowest BCUT2D eigenvalue weighted by atomic mass is 10.1.